The van der Waals surface area contributed by atoms with Gasteiger partial charge in [-0.15, -0.1) is 6.58 Å². The summed E-state index contributed by atoms with van der Waals surface area (Å²) in [5.41, 5.74) is 0.649. The number of nitrogens with one attached hydrogen (secondary N) is 1. The van der Waals surface area contributed by atoms with E-state index in [-0.39, 0.29) is 5.69 Å². The predicted molar refractivity (Wildman–Crippen MR) is 56.8 cm³/mol. The van der Waals surface area contributed by atoms with Crippen LogP contribution in [0.3, 0.4) is 0 Å². The molecule has 0 heterocycles. The summed E-state index contributed by atoms with van der Waals surface area (Å²) in [6.07, 6.45) is 1.68. The van der Waals surface area contributed by atoms with Crippen molar-refractivity contribution in [3.8, 4) is 0 Å². The fourth-order valence-electron chi connectivity index (χ4n) is 0.943. The number of nitro groups is 1. The van der Waals surface area contributed by atoms with E-state index in [2.05, 4.69) is 11.9 Å². The highest BCUT2D eigenvalue weighted by molar-refractivity contribution is 6.33. The molecule has 0 aromatic heterocycles. The minimum atomic E-state index is -0.483. The molecule has 0 radical (unpaired) electrons. The van der Waals surface area contributed by atoms with Crippen LogP contribution in [0, 0.1) is 10.1 Å². The first-order valence-electron chi connectivity index (χ1n) is 3.94. The molecule has 0 unspecified atom stereocenters. The lowest BCUT2D eigenvalue weighted by Crippen LogP contribution is -1.98. The molecule has 1 aromatic rings. The molecule has 0 spiro atoms. The lowest BCUT2D eigenvalue weighted by molar-refractivity contribution is -0.384. The van der Waals surface area contributed by atoms with Crippen LogP contribution < -0.4 is 5.32 Å². The highest BCUT2D eigenvalue weighted by atomic mass is 35.5. The standard InChI is InChI=1S/C9H9ClN2O2/c1-2-5-11-9-4-3-7(12(13)14)6-8(9)10/h2-4,6,11H,1,5H2. The summed E-state index contributed by atoms with van der Waals surface area (Å²) in [4.78, 5) is 9.91. The molecule has 5 heteroatoms. The minimum Gasteiger partial charge on any atom is -0.380 e. The third-order valence-corrected chi connectivity index (χ3v) is 1.91. The number of nitrogens with zero attached hydrogens (tertiary/aromatic N) is 1. The molecule has 0 amide bonds. The first-order chi connectivity index (χ1) is 6.65. The Balaban J connectivity index is 2.89. The molecule has 14 heavy (non-hydrogen) atoms. The zero-order chi connectivity index (χ0) is 10.6. The molecule has 4 nitrogen and oxygen atoms in total. The van der Waals surface area contributed by atoms with Gasteiger partial charge in [-0.2, -0.15) is 0 Å². The second-order valence-electron chi connectivity index (χ2n) is 2.59. The summed E-state index contributed by atoms with van der Waals surface area (Å²) in [6.45, 7) is 4.10. The molecule has 0 atom stereocenters. The molecule has 1 aromatic carbocycles. The second-order valence-corrected chi connectivity index (χ2v) is 3.00. The Morgan fingerprint density at radius 1 is 1.64 bits per heavy atom. The zero-order valence-electron chi connectivity index (χ0n) is 7.37. The summed E-state index contributed by atoms with van der Waals surface area (Å²) < 4.78 is 0. The van der Waals surface area contributed by atoms with Gasteiger partial charge in [0.25, 0.3) is 5.69 Å². The monoisotopic (exact) mass is 212 g/mol. The summed E-state index contributed by atoms with van der Waals surface area (Å²) in [5, 5.41) is 13.7. The van der Waals surface area contributed by atoms with Gasteiger partial charge >= 0.3 is 0 Å². The molecule has 0 saturated carbocycles. The number of rotatable bonds is 4. The summed E-state index contributed by atoms with van der Waals surface area (Å²) in [5.74, 6) is 0. The Bertz CT molecular complexity index is 366. The van der Waals surface area contributed by atoms with Crippen LogP contribution in [0.4, 0.5) is 11.4 Å². The summed E-state index contributed by atoms with van der Waals surface area (Å²) in [7, 11) is 0. The topological polar surface area (TPSA) is 55.2 Å². The Morgan fingerprint density at radius 3 is 2.86 bits per heavy atom. The van der Waals surface area contributed by atoms with E-state index in [1.807, 2.05) is 0 Å². The van der Waals surface area contributed by atoms with Gasteiger partial charge in [-0.05, 0) is 6.07 Å². The molecular weight excluding hydrogens is 204 g/mol. The smallest absolute Gasteiger partial charge is 0.271 e. The third-order valence-electron chi connectivity index (χ3n) is 1.60. The average Bonchev–Trinajstić information content (AvgIpc) is 2.15. The normalized spacial score (nSPS) is 9.50. The van der Waals surface area contributed by atoms with Gasteiger partial charge in [0, 0.05) is 18.7 Å². The molecule has 1 rings (SSSR count). The Labute approximate surface area is 86.3 Å². The van der Waals surface area contributed by atoms with Crippen LogP contribution in [-0.4, -0.2) is 11.5 Å². The lowest BCUT2D eigenvalue weighted by Gasteiger charge is -2.04. The van der Waals surface area contributed by atoms with E-state index in [1.165, 1.54) is 12.1 Å². The maximum atomic E-state index is 10.4. The maximum Gasteiger partial charge on any atom is 0.271 e. The van der Waals surface area contributed by atoms with Gasteiger partial charge in [-0.1, -0.05) is 17.7 Å². The van der Waals surface area contributed by atoms with E-state index in [4.69, 9.17) is 11.6 Å². The summed E-state index contributed by atoms with van der Waals surface area (Å²) in [6, 6.07) is 4.29. The van der Waals surface area contributed by atoms with Crippen LogP contribution in [0.1, 0.15) is 0 Å². The van der Waals surface area contributed by atoms with Crippen LogP contribution >= 0.6 is 11.6 Å². The van der Waals surface area contributed by atoms with Crippen molar-refractivity contribution >= 4 is 23.0 Å². The van der Waals surface area contributed by atoms with Gasteiger partial charge in [-0.25, -0.2) is 0 Å². The van der Waals surface area contributed by atoms with Gasteiger partial charge in [0.05, 0.1) is 15.6 Å². The number of nitro benzene ring substituents is 1. The molecule has 1 N–H and O–H groups in total. The van der Waals surface area contributed by atoms with Crippen molar-refractivity contribution < 1.29 is 4.92 Å². The van der Waals surface area contributed by atoms with E-state index in [0.717, 1.165) is 0 Å². The van der Waals surface area contributed by atoms with Crippen molar-refractivity contribution in [1.82, 2.24) is 0 Å². The van der Waals surface area contributed by atoms with Crippen LogP contribution in [0.5, 0.6) is 0 Å². The van der Waals surface area contributed by atoms with E-state index in [1.54, 1.807) is 12.1 Å². The van der Waals surface area contributed by atoms with E-state index < -0.39 is 4.92 Å². The predicted octanol–water partition coefficient (Wildman–Crippen LogP) is 2.85. The zero-order valence-corrected chi connectivity index (χ0v) is 8.12. The van der Waals surface area contributed by atoms with Crippen molar-refractivity contribution in [3.63, 3.8) is 0 Å². The van der Waals surface area contributed by atoms with Gasteiger partial charge in [0.2, 0.25) is 0 Å². The fraction of sp³-hybridized carbons (Fsp3) is 0.111. The Hall–Kier alpha value is -1.55. The van der Waals surface area contributed by atoms with Crippen LogP contribution in [-0.2, 0) is 0 Å². The highest BCUT2D eigenvalue weighted by Gasteiger charge is 2.08. The number of anilines is 1. The number of hydrogen-bond donors (Lipinski definition) is 1. The molecule has 74 valence electrons. The number of non-ortho nitro benzene ring substituents is 1. The van der Waals surface area contributed by atoms with E-state index in [9.17, 15) is 10.1 Å². The van der Waals surface area contributed by atoms with Gasteiger partial charge in [0.15, 0.2) is 0 Å². The molecule has 0 aliphatic heterocycles. The molecule has 0 aliphatic rings. The molecule has 0 fully saturated rings. The van der Waals surface area contributed by atoms with Gasteiger partial charge in [-0.3, -0.25) is 10.1 Å². The van der Waals surface area contributed by atoms with Gasteiger partial charge < -0.3 is 5.32 Å². The van der Waals surface area contributed by atoms with Crippen LogP contribution in [0.25, 0.3) is 0 Å². The summed E-state index contributed by atoms with van der Waals surface area (Å²) >= 11 is 5.81. The Kier molecular flexibility index (Phi) is 3.48. The molecule has 0 aliphatic carbocycles. The highest BCUT2D eigenvalue weighted by Crippen LogP contribution is 2.26. The lowest BCUT2D eigenvalue weighted by atomic mass is 10.3. The first-order valence-corrected chi connectivity index (χ1v) is 4.31. The van der Waals surface area contributed by atoms with Crippen molar-refractivity contribution in [2.75, 3.05) is 11.9 Å². The molecule has 0 saturated heterocycles. The van der Waals surface area contributed by atoms with Crippen LogP contribution in [0.15, 0.2) is 30.9 Å². The third kappa shape index (κ3) is 2.47. The number of halogens is 1. The second kappa shape index (κ2) is 4.62. The minimum absolute atomic E-state index is 0.0147. The quantitative estimate of drug-likeness (QED) is 0.474. The van der Waals surface area contributed by atoms with E-state index >= 15 is 0 Å². The van der Waals surface area contributed by atoms with Crippen molar-refractivity contribution in [2.24, 2.45) is 0 Å². The maximum absolute atomic E-state index is 10.4. The fourth-order valence-corrected chi connectivity index (χ4v) is 1.18. The van der Waals surface area contributed by atoms with Crippen molar-refractivity contribution in [1.29, 1.82) is 0 Å². The number of benzene rings is 1. The van der Waals surface area contributed by atoms with Crippen LogP contribution in [0.2, 0.25) is 5.02 Å². The Morgan fingerprint density at radius 2 is 2.36 bits per heavy atom. The van der Waals surface area contributed by atoms with Crippen molar-refractivity contribution in [2.45, 2.75) is 0 Å². The molecule has 0 bridgehead atoms. The SMILES string of the molecule is C=CCNc1ccc([N+](=O)[O-])cc1Cl. The molecular formula is C9H9ClN2O2. The van der Waals surface area contributed by atoms with Gasteiger partial charge in [0.1, 0.15) is 0 Å². The number of hydrogen-bond acceptors (Lipinski definition) is 3. The largest absolute Gasteiger partial charge is 0.380 e. The average molecular weight is 213 g/mol. The first kappa shape index (κ1) is 10.5. The van der Waals surface area contributed by atoms with E-state index in [0.29, 0.717) is 17.3 Å². The van der Waals surface area contributed by atoms with Crippen molar-refractivity contribution in [3.05, 3.63) is 46.0 Å².